The van der Waals surface area contributed by atoms with Gasteiger partial charge >= 0.3 is 5.97 Å². The van der Waals surface area contributed by atoms with Crippen molar-refractivity contribution < 1.29 is 19.6 Å². The van der Waals surface area contributed by atoms with Gasteiger partial charge in [-0.1, -0.05) is 13.8 Å². The highest BCUT2D eigenvalue weighted by Gasteiger charge is 2.35. The number of aromatic nitrogens is 2. The quantitative estimate of drug-likeness (QED) is 0.549. The van der Waals surface area contributed by atoms with E-state index in [0.29, 0.717) is 18.5 Å². The van der Waals surface area contributed by atoms with Crippen LogP contribution in [0, 0.1) is 15.5 Å². The van der Waals surface area contributed by atoms with Crippen LogP contribution in [-0.4, -0.2) is 38.2 Å². The molecule has 0 bridgehead atoms. The molecule has 9 nitrogen and oxygen atoms in total. The number of aliphatic carboxylic acids is 1. The molecule has 0 spiro atoms. The summed E-state index contributed by atoms with van der Waals surface area (Å²) in [5.74, 6) is -1.42. The maximum absolute atomic E-state index is 12.3. The van der Waals surface area contributed by atoms with E-state index in [4.69, 9.17) is 0 Å². The van der Waals surface area contributed by atoms with Crippen molar-refractivity contribution in [1.82, 2.24) is 15.1 Å². The molecule has 9 heteroatoms. The molecule has 0 aliphatic heterocycles. The molecule has 0 saturated carbocycles. The van der Waals surface area contributed by atoms with E-state index >= 15 is 0 Å². The molecule has 2 N–H and O–H groups in total. The topological polar surface area (TPSA) is 127 Å². The van der Waals surface area contributed by atoms with Gasteiger partial charge in [-0.2, -0.15) is 5.10 Å². The third kappa shape index (κ3) is 3.88. The number of hydrogen-bond donors (Lipinski definition) is 2. The van der Waals surface area contributed by atoms with Crippen LogP contribution in [0.2, 0.25) is 0 Å². The molecule has 0 saturated heterocycles. The fourth-order valence-electron chi connectivity index (χ4n) is 2.53. The number of carboxylic acid groups (broad SMARTS) is 1. The second kappa shape index (κ2) is 7.77. The summed E-state index contributed by atoms with van der Waals surface area (Å²) in [4.78, 5) is 33.9. The zero-order valence-electron chi connectivity index (χ0n) is 14.5. The van der Waals surface area contributed by atoms with Gasteiger partial charge in [-0.3, -0.25) is 19.7 Å². The Balaban J connectivity index is 2.10. The van der Waals surface area contributed by atoms with Gasteiger partial charge < -0.3 is 10.4 Å². The molecule has 1 heterocycles. The predicted molar refractivity (Wildman–Crippen MR) is 93.2 cm³/mol. The Morgan fingerprint density at radius 1 is 1.23 bits per heavy atom. The summed E-state index contributed by atoms with van der Waals surface area (Å²) in [6.45, 7) is 3.55. The molecule has 138 valence electrons. The summed E-state index contributed by atoms with van der Waals surface area (Å²) >= 11 is 0. The molecule has 2 rings (SSSR count). The summed E-state index contributed by atoms with van der Waals surface area (Å²) in [6.07, 6.45) is 2.35. The van der Waals surface area contributed by atoms with Gasteiger partial charge in [0.25, 0.3) is 11.6 Å². The highest BCUT2D eigenvalue weighted by molar-refractivity contribution is 5.92. The van der Waals surface area contributed by atoms with E-state index in [1.54, 1.807) is 20.0 Å². The van der Waals surface area contributed by atoms with Crippen LogP contribution in [0.3, 0.4) is 0 Å². The maximum Gasteiger partial charge on any atom is 0.311 e. The number of rotatable bonds is 8. The molecule has 2 aromatic rings. The first-order valence-electron chi connectivity index (χ1n) is 8.15. The van der Waals surface area contributed by atoms with Crippen LogP contribution in [0.25, 0.3) is 5.69 Å². The number of carbonyl (C=O) groups is 2. The predicted octanol–water partition coefficient (Wildman–Crippen LogP) is 2.40. The lowest BCUT2D eigenvalue weighted by Crippen LogP contribution is -2.42. The normalized spacial score (nSPS) is 11.2. The number of non-ortho nitro benzene ring substituents is 1. The lowest BCUT2D eigenvalue weighted by atomic mass is 9.82. The number of benzene rings is 1. The van der Waals surface area contributed by atoms with Gasteiger partial charge in [0.15, 0.2) is 5.69 Å². The van der Waals surface area contributed by atoms with Crippen molar-refractivity contribution in [1.29, 1.82) is 0 Å². The van der Waals surface area contributed by atoms with E-state index in [-0.39, 0.29) is 17.9 Å². The van der Waals surface area contributed by atoms with Gasteiger partial charge in [0, 0.05) is 24.9 Å². The zero-order chi connectivity index (χ0) is 19.3. The van der Waals surface area contributed by atoms with E-state index < -0.39 is 22.2 Å². The Morgan fingerprint density at radius 3 is 2.35 bits per heavy atom. The Labute approximate surface area is 149 Å². The average Bonchev–Trinajstić information content (AvgIpc) is 3.13. The maximum atomic E-state index is 12.3. The van der Waals surface area contributed by atoms with Crippen molar-refractivity contribution in [3.05, 3.63) is 52.3 Å². The van der Waals surface area contributed by atoms with Crippen molar-refractivity contribution >= 4 is 17.6 Å². The molecule has 0 radical (unpaired) electrons. The fraction of sp³-hybridized carbons (Fsp3) is 0.353. The van der Waals surface area contributed by atoms with Crippen LogP contribution >= 0.6 is 0 Å². The number of nitro benzene ring substituents is 1. The van der Waals surface area contributed by atoms with Crippen molar-refractivity contribution in [2.75, 3.05) is 6.54 Å². The highest BCUT2D eigenvalue weighted by atomic mass is 16.6. The number of hydrogen-bond acceptors (Lipinski definition) is 5. The Hall–Kier alpha value is -3.23. The van der Waals surface area contributed by atoms with Gasteiger partial charge in [0.2, 0.25) is 0 Å². The number of nitrogens with zero attached hydrogens (tertiary/aromatic N) is 3. The standard InChI is InChI=1S/C17H20N4O5/c1-3-17(4-2,16(23)24)11-18-15(22)14-9-10-20(19-14)12-5-7-13(8-6-12)21(25)26/h5-10H,3-4,11H2,1-2H3,(H,18,22)(H,23,24). The van der Waals surface area contributed by atoms with E-state index in [1.807, 2.05) is 0 Å². The summed E-state index contributed by atoms with van der Waals surface area (Å²) < 4.78 is 1.42. The lowest BCUT2D eigenvalue weighted by Gasteiger charge is -2.26. The minimum atomic E-state index is -1.00. The Kier molecular flexibility index (Phi) is 5.71. The second-order valence-electron chi connectivity index (χ2n) is 5.89. The molecule has 0 fully saturated rings. The van der Waals surface area contributed by atoms with Gasteiger partial charge in [-0.25, -0.2) is 4.68 Å². The van der Waals surface area contributed by atoms with E-state index in [9.17, 15) is 24.8 Å². The molecule has 0 unspecified atom stereocenters. The van der Waals surface area contributed by atoms with Crippen LogP contribution in [-0.2, 0) is 4.79 Å². The zero-order valence-corrected chi connectivity index (χ0v) is 14.5. The minimum Gasteiger partial charge on any atom is -0.481 e. The molecular weight excluding hydrogens is 340 g/mol. The Morgan fingerprint density at radius 2 is 1.85 bits per heavy atom. The molecule has 0 aliphatic carbocycles. The minimum absolute atomic E-state index is 0.0125. The molecule has 1 aromatic carbocycles. The van der Waals surface area contributed by atoms with Crippen LogP contribution in [0.1, 0.15) is 37.2 Å². The number of carboxylic acids is 1. The third-order valence-corrected chi connectivity index (χ3v) is 4.54. The summed E-state index contributed by atoms with van der Waals surface area (Å²) in [5, 5.41) is 26.8. The molecule has 0 atom stereocenters. The lowest BCUT2D eigenvalue weighted by molar-refractivity contribution is -0.384. The second-order valence-corrected chi connectivity index (χ2v) is 5.89. The van der Waals surface area contributed by atoms with Crippen LogP contribution in [0.15, 0.2) is 36.5 Å². The van der Waals surface area contributed by atoms with Crippen molar-refractivity contribution in [2.24, 2.45) is 5.41 Å². The first-order valence-corrected chi connectivity index (χ1v) is 8.15. The molecular formula is C17H20N4O5. The molecule has 1 aromatic heterocycles. The SMILES string of the molecule is CCC(CC)(CNC(=O)c1ccn(-c2ccc([N+](=O)[O-])cc2)n1)C(=O)O. The van der Waals surface area contributed by atoms with E-state index in [2.05, 4.69) is 10.4 Å². The first-order chi connectivity index (χ1) is 12.3. The van der Waals surface area contributed by atoms with Gasteiger partial charge in [0.05, 0.1) is 16.0 Å². The number of nitro groups is 1. The van der Waals surface area contributed by atoms with Crippen LogP contribution in [0.4, 0.5) is 5.69 Å². The number of nitrogens with one attached hydrogen (secondary N) is 1. The van der Waals surface area contributed by atoms with Crippen molar-refractivity contribution in [3.63, 3.8) is 0 Å². The van der Waals surface area contributed by atoms with E-state index in [1.165, 1.54) is 35.0 Å². The van der Waals surface area contributed by atoms with Gasteiger partial charge in [-0.15, -0.1) is 0 Å². The van der Waals surface area contributed by atoms with Gasteiger partial charge in [-0.05, 0) is 31.0 Å². The first kappa shape index (κ1) is 19.1. The van der Waals surface area contributed by atoms with Gasteiger partial charge in [0.1, 0.15) is 0 Å². The summed E-state index contributed by atoms with van der Waals surface area (Å²) in [6, 6.07) is 7.24. The average molecular weight is 360 g/mol. The Bertz CT molecular complexity index is 809. The fourth-order valence-corrected chi connectivity index (χ4v) is 2.53. The van der Waals surface area contributed by atoms with Crippen LogP contribution in [0.5, 0.6) is 0 Å². The van der Waals surface area contributed by atoms with Crippen LogP contribution < -0.4 is 5.32 Å². The smallest absolute Gasteiger partial charge is 0.311 e. The van der Waals surface area contributed by atoms with Crippen molar-refractivity contribution in [2.45, 2.75) is 26.7 Å². The number of amides is 1. The largest absolute Gasteiger partial charge is 0.481 e. The molecule has 1 amide bonds. The number of carbonyl (C=O) groups excluding carboxylic acids is 1. The third-order valence-electron chi connectivity index (χ3n) is 4.54. The van der Waals surface area contributed by atoms with Crippen molar-refractivity contribution in [3.8, 4) is 5.69 Å². The highest BCUT2D eigenvalue weighted by Crippen LogP contribution is 2.25. The van der Waals surface area contributed by atoms with E-state index in [0.717, 1.165) is 0 Å². The molecule has 0 aliphatic rings. The monoisotopic (exact) mass is 360 g/mol. The summed E-state index contributed by atoms with van der Waals surface area (Å²) in [5.41, 5.74) is -0.342. The molecule has 26 heavy (non-hydrogen) atoms. The summed E-state index contributed by atoms with van der Waals surface area (Å²) in [7, 11) is 0.